The summed E-state index contributed by atoms with van der Waals surface area (Å²) in [6, 6.07) is -0.0340. The predicted octanol–water partition coefficient (Wildman–Crippen LogP) is 0.0158. The molecule has 0 aromatic heterocycles. The number of ether oxygens (including phenoxy) is 1. The van der Waals surface area contributed by atoms with Gasteiger partial charge < -0.3 is 20.1 Å². The summed E-state index contributed by atoms with van der Waals surface area (Å²) in [5.74, 6) is -1.14. The molecule has 0 aliphatic carbocycles. The van der Waals surface area contributed by atoms with E-state index in [-0.39, 0.29) is 18.1 Å². The number of carbonyl (C=O) groups is 1. The Morgan fingerprint density at radius 2 is 2.31 bits per heavy atom. The quantitative estimate of drug-likeness (QED) is 0.697. The average molecular weight is 230 g/mol. The minimum atomic E-state index is -0.762. The van der Waals surface area contributed by atoms with Gasteiger partial charge in [-0.25, -0.2) is 0 Å². The van der Waals surface area contributed by atoms with Gasteiger partial charge in [-0.3, -0.25) is 4.79 Å². The van der Waals surface area contributed by atoms with Gasteiger partial charge in [0, 0.05) is 25.7 Å². The van der Waals surface area contributed by atoms with Crippen LogP contribution in [0.5, 0.6) is 0 Å². The third-order valence-corrected chi connectivity index (χ3v) is 3.15. The highest BCUT2D eigenvalue weighted by molar-refractivity contribution is 5.70. The van der Waals surface area contributed by atoms with Crippen LogP contribution in [0.3, 0.4) is 0 Å². The molecule has 16 heavy (non-hydrogen) atoms. The number of likely N-dealkylation sites (N-methyl/N-ethyl adjacent to an activating group) is 1. The van der Waals surface area contributed by atoms with Crippen molar-refractivity contribution in [1.29, 1.82) is 0 Å². The van der Waals surface area contributed by atoms with E-state index in [4.69, 9.17) is 9.84 Å². The lowest BCUT2D eigenvalue weighted by molar-refractivity contribution is -0.142. The van der Waals surface area contributed by atoms with E-state index >= 15 is 0 Å². The van der Waals surface area contributed by atoms with E-state index < -0.39 is 5.97 Å². The van der Waals surface area contributed by atoms with Crippen LogP contribution in [0.4, 0.5) is 0 Å². The molecule has 1 heterocycles. The van der Waals surface area contributed by atoms with Gasteiger partial charge in [0.2, 0.25) is 0 Å². The Hall–Kier alpha value is -0.650. The molecule has 1 aliphatic rings. The molecule has 5 nitrogen and oxygen atoms in total. The van der Waals surface area contributed by atoms with Crippen LogP contribution in [0, 0.1) is 5.92 Å². The van der Waals surface area contributed by atoms with Gasteiger partial charge in [0.15, 0.2) is 0 Å². The monoisotopic (exact) mass is 230 g/mol. The lowest BCUT2D eigenvalue weighted by atomic mass is 10.0. The summed E-state index contributed by atoms with van der Waals surface area (Å²) in [5.41, 5.74) is 0. The fraction of sp³-hybridized carbons (Fsp3) is 0.909. The molecule has 1 fully saturated rings. The summed E-state index contributed by atoms with van der Waals surface area (Å²) < 4.78 is 5.59. The number of nitrogens with zero attached hydrogens (tertiary/aromatic N) is 1. The molecular weight excluding hydrogens is 208 g/mol. The molecular formula is C11H22N2O3. The SMILES string of the molecule is CC(NCC1CN(C)CCO1)C(C)C(=O)O. The molecule has 5 heteroatoms. The molecule has 0 spiro atoms. The van der Waals surface area contributed by atoms with E-state index in [0.717, 1.165) is 19.7 Å². The van der Waals surface area contributed by atoms with Gasteiger partial charge in [0.1, 0.15) is 0 Å². The number of hydrogen-bond donors (Lipinski definition) is 2. The summed E-state index contributed by atoms with van der Waals surface area (Å²) >= 11 is 0. The lowest BCUT2D eigenvalue weighted by Crippen LogP contribution is -2.48. The maximum absolute atomic E-state index is 10.8. The van der Waals surface area contributed by atoms with Crippen LogP contribution in [0.15, 0.2) is 0 Å². The van der Waals surface area contributed by atoms with Crippen molar-refractivity contribution in [2.24, 2.45) is 5.92 Å². The Morgan fingerprint density at radius 1 is 1.62 bits per heavy atom. The van der Waals surface area contributed by atoms with Crippen LogP contribution in [0.1, 0.15) is 13.8 Å². The van der Waals surface area contributed by atoms with Gasteiger partial charge in [0.05, 0.1) is 18.6 Å². The van der Waals surface area contributed by atoms with Gasteiger partial charge in [-0.15, -0.1) is 0 Å². The molecule has 0 saturated carbocycles. The molecule has 0 radical (unpaired) electrons. The standard InChI is InChI=1S/C11H22N2O3/c1-8(11(14)15)9(2)12-6-10-7-13(3)4-5-16-10/h8-10,12H,4-7H2,1-3H3,(H,14,15). The molecule has 1 aliphatic heterocycles. The summed E-state index contributed by atoms with van der Waals surface area (Å²) in [4.78, 5) is 13.0. The molecule has 0 aromatic carbocycles. The van der Waals surface area contributed by atoms with Crippen molar-refractivity contribution < 1.29 is 14.6 Å². The Balaban J connectivity index is 2.25. The van der Waals surface area contributed by atoms with E-state index in [0.29, 0.717) is 6.54 Å². The van der Waals surface area contributed by atoms with Crippen LogP contribution in [0.25, 0.3) is 0 Å². The first-order chi connectivity index (χ1) is 7.50. The number of morpholine rings is 1. The minimum absolute atomic E-state index is 0.0340. The van der Waals surface area contributed by atoms with Crippen molar-refractivity contribution in [3.63, 3.8) is 0 Å². The zero-order valence-electron chi connectivity index (χ0n) is 10.3. The summed E-state index contributed by atoms with van der Waals surface area (Å²) in [6.45, 7) is 6.95. The fourth-order valence-corrected chi connectivity index (χ4v) is 1.70. The Morgan fingerprint density at radius 3 is 2.88 bits per heavy atom. The van der Waals surface area contributed by atoms with Crippen LogP contribution in [-0.2, 0) is 9.53 Å². The second-order valence-corrected chi connectivity index (χ2v) is 4.58. The third kappa shape index (κ3) is 4.08. The molecule has 1 saturated heterocycles. The number of aliphatic carboxylic acids is 1. The first-order valence-electron chi connectivity index (χ1n) is 5.77. The zero-order valence-corrected chi connectivity index (χ0v) is 10.3. The fourth-order valence-electron chi connectivity index (χ4n) is 1.70. The van der Waals surface area contributed by atoms with Crippen LogP contribution < -0.4 is 5.32 Å². The summed E-state index contributed by atoms with van der Waals surface area (Å²) in [6.07, 6.45) is 0.169. The van der Waals surface area contributed by atoms with E-state index in [1.165, 1.54) is 0 Å². The average Bonchev–Trinajstić information content (AvgIpc) is 2.24. The topological polar surface area (TPSA) is 61.8 Å². The van der Waals surface area contributed by atoms with Gasteiger partial charge >= 0.3 is 5.97 Å². The Labute approximate surface area is 96.8 Å². The van der Waals surface area contributed by atoms with E-state index in [1.54, 1.807) is 6.92 Å². The van der Waals surface area contributed by atoms with Gasteiger partial charge in [-0.1, -0.05) is 6.92 Å². The molecule has 0 aromatic rings. The number of carboxylic acids is 1. The molecule has 0 amide bonds. The normalized spacial score (nSPS) is 26.3. The number of carboxylic acid groups (broad SMARTS) is 1. The lowest BCUT2D eigenvalue weighted by Gasteiger charge is -2.31. The van der Waals surface area contributed by atoms with Crippen molar-refractivity contribution in [2.45, 2.75) is 26.0 Å². The Bertz CT molecular complexity index is 235. The van der Waals surface area contributed by atoms with Gasteiger partial charge in [-0.2, -0.15) is 0 Å². The second kappa shape index (κ2) is 6.18. The van der Waals surface area contributed by atoms with Crippen molar-refractivity contribution in [2.75, 3.05) is 33.3 Å². The van der Waals surface area contributed by atoms with E-state index in [9.17, 15) is 4.79 Å². The third-order valence-electron chi connectivity index (χ3n) is 3.15. The Kier molecular flexibility index (Phi) is 5.18. The van der Waals surface area contributed by atoms with Crippen molar-refractivity contribution >= 4 is 5.97 Å². The van der Waals surface area contributed by atoms with Crippen molar-refractivity contribution in [3.05, 3.63) is 0 Å². The molecule has 94 valence electrons. The molecule has 3 atom stereocenters. The maximum Gasteiger partial charge on any atom is 0.307 e. The van der Waals surface area contributed by atoms with E-state index in [1.807, 2.05) is 6.92 Å². The number of nitrogens with one attached hydrogen (secondary N) is 1. The van der Waals surface area contributed by atoms with Gasteiger partial charge in [0.25, 0.3) is 0 Å². The van der Waals surface area contributed by atoms with Crippen molar-refractivity contribution in [3.8, 4) is 0 Å². The zero-order chi connectivity index (χ0) is 12.1. The second-order valence-electron chi connectivity index (χ2n) is 4.58. The molecule has 1 rings (SSSR count). The van der Waals surface area contributed by atoms with Crippen LogP contribution in [-0.4, -0.2) is 61.4 Å². The van der Waals surface area contributed by atoms with Crippen molar-refractivity contribution in [1.82, 2.24) is 10.2 Å². The van der Waals surface area contributed by atoms with Crippen LogP contribution in [0.2, 0.25) is 0 Å². The molecule has 2 N–H and O–H groups in total. The smallest absolute Gasteiger partial charge is 0.307 e. The highest BCUT2D eigenvalue weighted by Gasteiger charge is 2.22. The number of hydrogen-bond acceptors (Lipinski definition) is 4. The molecule has 0 bridgehead atoms. The largest absolute Gasteiger partial charge is 0.481 e. The predicted molar refractivity (Wildman–Crippen MR) is 61.5 cm³/mol. The first-order valence-corrected chi connectivity index (χ1v) is 5.77. The highest BCUT2D eigenvalue weighted by Crippen LogP contribution is 2.05. The first kappa shape index (κ1) is 13.4. The minimum Gasteiger partial charge on any atom is -0.481 e. The van der Waals surface area contributed by atoms with E-state index in [2.05, 4.69) is 17.3 Å². The number of rotatable bonds is 5. The van der Waals surface area contributed by atoms with Gasteiger partial charge in [-0.05, 0) is 14.0 Å². The summed E-state index contributed by atoms with van der Waals surface area (Å²) in [5, 5.41) is 12.1. The molecule has 3 unspecified atom stereocenters. The maximum atomic E-state index is 10.8. The highest BCUT2D eigenvalue weighted by atomic mass is 16.5. The summed E-state index contributed by atoms with van der Waals surface area (Å²) in [7, 11) is 2.07. The van der Waals surface area contributed by atoms with Crippen LogP contribution >= 0.6 is 0 Å².